The molecule has 9 nitrogen and oxygen atoms in total. The highest BCUT2D eigenvalue weighted by molar-refractivity contribution is 7.86. The second-order valence-electron chi connectivity index (χ2n) is 9.08. The summed E-state index contributed by atoms with van der Waals surface area (Å²) in [6.45, 7) is 9.17. The van der Waals surface area contributed by atoms with Crippen LogP contribution in [0.4, 0.5) is 0 Å². The molecule has 0 aromatic heterocycles. The van der Waals surface area contributed by atoms with Crippen molar-refractivity contribution in [2.45, 2.75) is 37.1 Å². The maximum absolute atomic E-state index is 12.3. The molecule has 0 saturated heterocycles. The van der Waals surface area contributed by atoms with Crippen molar-refractivity contribution >= 4 is 31.2 Å². The van der Waals surface area contributed by atoms with E-state index in [2.05, 4.69) is 9.48 Å². The van der Waals surface area contributed by atoms with Crippen molar-refractivity contribution in [2.24, 2.45) is 0 Å². The molecule has 0 amide bonds. The standard InChI is InChI=1S/C27H30N2O7S2/c1-5-28(4)17-18-8-11-21-24(14-18)36-25-15-19(29(6-2)7-3)9-12-22(25)27(21)23-13-10-20(37(30,31)32)16-26(23)38(33,34)35/h8-16H,5-7,17H2,1-4H3,(H-,30,31,32,33,34,35). The van der Waals surface area contributed by atoms with E-state index in [1.54, 1.807) is 6.07 Å². The molecule has 1 aliphatic heterocycles. The molecule has 0 spiro atoms. The maximum Gasteiger partial charge on any atom is 0.294 e. The second kappa shape index (κ2) is 10.6. The van der Waals surface area contributed by atoms with Crippen LogP contribution < -0.4 is 9.93 Å². The monoisotopic (exact) mass is 558 g/mol. The van der Waals surface area contributed by atoms with Gasteiger partial charge in [0.15, 0.2) is 0 Å². The first kappa shape index (κ1) is 27.9. The Morgan fingerprint density at radius 3 is 2.21 bits per heavy atom. The summed E-state index contributed by atoms with van der Waals surface area (Å²) in [6.07, 6.45) is 0. The molecule has 4 rings (SSSR count). The summed E-state index contributed by atoms with van der Waals surface area (Å²) in [7, 11) is -7.88. The summed E-state index contributed by atoms with van der Waals surface area (Å²) in [6, 6.07) is 14.2. The largest absolute Gasteiger partial charge is 0.744 e. The van der Waals surface area contributed by atoms with Gasteiger partial charge in [0.05, 0.1) is 15.9 Å². The lowest BCUT2D eigenvalue weighted by Crippen LogP contribution is -2.29. The van der Waals surface area contributed by atoms with E-state index in [0.717, 1.165) is 36.6 Å². The highest BCUT2D eigenvalue weighted by Crippen LogP contribution is 2.42. The molecule has 0 saturated carbocycles. The third-order valence-electron chi connectivity index (χ3n) is 6.68. The highest BCUT2D eigenvalue weighted by Gasteiger charge is 2.24. The van der Waals surface area contributed by atoms with Crippen LogP contribution in [0.3, 0.4) is 0 Å². The van der Waals surface area contributed by atoms with E-state index >= 15 is 0 Å². The minimum Gasteiger partial charge on any atom is -0.744 e. The fourth-order valence-corrected chi connectivity index (χ4v) is 5.89. The van der Waals surface area contributed by atoms with E-state index in [9.17, 15) is 25.9 Å². The molecule has 2 aromatic rings. The number of rotatable bonds is 8. The van der Waals surface area contributed by atoms with E-state index in [1.807, 2.05) is 58.2 Å². The normalized spacial score (nSPS) is 12.5. The van der Waals surface area contributed by atoms with Gasteiger partial charge < -0.3 is 13.9 Å². The fraction of sp³-hybridized carbons (Fsp3) is 0.296. The van der Waals surface area contributed by atoms with E-state index in [-0.39, 0.29) is 5.56 Å². The van der Waals surface area contributed by atoms with Crippen LogP contribution in [0.15, 0.2) is 68.8 Å². The summed E-state index contributed by atoms with van der Waals surface area (Å²) in [5, 5.41) is 1.47. The van der Waals surface area contributed by atoms with Gasteiger partial charge in [0.1, 0.15) is 34.6 Å². The predicted octanol–water partition coefficient (Wildman–Crippen LogP) is 3.62. The minimum absolute atomic E-state index is 0.0206. The summed E-state index contributed by atoms with van der Waals surface area (Å²) in [5.41, 5.74) is 2.45. The topological polar surface area (TPSA) is 131 Å². The van der Waals surface area contributed by atoms with Gasteiger partial charge in [-0.3, -0.25) is 4.55 Å². The average Bonchev–Trinajstić information content (AvgIpc) is 2.86. The number of benzene rings is 3. The maximum atomic E-state index is 12.3. The van der Waals surface area contributed by atoms with Crippen molar-refractivity contribution in [1.29, 1.82) is 0 Å². The average molecular weight is 559 g/mol. The van der Waals surface area contributed by atoms with E-state index in [4.69, 9.17) is 4.42 Å². The predicted molar refractivity (Wildman–Crippen MR) is 144 cm³/mol. The van der Waals surface area contributed by atoms with Gasteiger partial charge in [0.25, 0.3) is 10.1 Å². The zero-order valence-corrected chi connectivity index (χ0v) is 23.3. The molecule has 2 aliphatic rings. The van der Waals surface area contributed by atoms with E-state index in [1.165, 1.54) is 6.07 Å². The Hall–Kier alpha value is -3.09. The highest BCUT2D eigenvalue weighted by atomic mass is 32.2. The van der Waals surface area contributed by atoms with Crippen molar-refractivity contribution in [3.05, 3.63) is 65.5 Å². The van der Waals surface area contributed by atoms with Gasteiger partial charge in [0.2, 0.25) is 5.36 Å². The van der Waals surface area contributed by atoms with Gasteiger partial charge in [-0.1, -0.05) is 25.1 Å². The lowest BCUT2D eigenvalue weighted by molar-refractivity contribution is 0.346. The Labute approximate surface area is 222 Å². The summed E-state index contributed by atoms with van der Waals surface area (Å²) >= 11 is 0. The third-order valence-corrected chi connectivity index (χ3v) is 8.41. The van der Waals surface area contributed by atoms with Crippen LogP contribution in [0.1, 0.15) is 26.3 Å². The van der Waals surface area contributed by atoms with Crippen LogP contribution in [0, 0.1) is 0 Å². The molecule has 1 aliphatic carbocycles. The Morgan fingerprint density at radius 2 is 1.61 bits per heavy atom. The molecule has 0 fully saturated rings. The summed E-state index contributed by atoms with van der Waals surface area (Å²) in [5.74, 6) is 0.478. The molecule has 202 valence electrons. The SMILES string of the molecule is CCN(C)Cc1ccc2c(-c3ccc(S(=O)(=O)O)cc3S(=O)(=O)[O-])c3ccc(=[N+](CC)CC)cc-3oc2c1. The third kappa shape index (κ3) is 5.52. The smallest absolute Gasteiger partial charge is 0.294 e. The number of fused-ring (bicyclic) bond motifs is 2. The van der Waals surface area contributed by atoms with Crippen LogP contribution >= 0.6 is 0 Å². The van der Waals surface area contributed by atoms with Crippen LogP contribution in [0.2, 0.25) is 0 Å². The number of hydrogen-bond acceptors (Lipinski definition) is 7. The Balaban J connectivity index is 2.15. The molecule has 0 radical (unpaired) electrons. The molecule has 11 heteroatoms. The Bertz CT molecular complexity index is 1770. The Kier molecular flexibility index (Phi) is 7.78. The molecule has 1 heterocycles. The lowest BCUT2D eigenvalue weighted by Gasteiger charge is -2.20. The van der Waals surface area contributed by atoms with Crippen molar-refractivity contribution < 1.29 is 30.4 Å². The number of hydrogen-bond donors (Lipinski definition) is 1. The van der Waals surface area contributed by atoms with Crippen LogP contribution in [-0.4, -0.2) is 57.5 Å². The van der Waals surface area contributed by atoms with Crippen LogP contribution in [0.5, 0.6) is 0 Å². The van der Waals surface area contributed by atoms with Gasteiger partial charge in [0, 0.05) is 34.7 Å². The summed E-state index contributed by atoms with van der Waals surface area (Å²) < 4.78 is 78.4. The molecule has 0 atom stereocenters. The second-order valence-corrected chi connectivity index (χ2v) is 11.8. The first-order valence-corrected chi connectivity index (χ1v) is 15.1. The van der Waals surface area contributed by atoms with Gasteiger partial charge in [-0.05, 0) is 57.3 Å². The molecule has 38 heavy (non-hydrogen) atoms. The fourth-order valence-electron chi connectivity index (χ4n) is 4.60. The van der Waals surface area contributed by atoms with Gasteiger partial charge in [-0.2, -0.15) is 8.42 Å². The lowest BCUT2D eigenvalue weighted by atomic mass is 9.93. The first-order chi connectivity index (χ1) is 17.9. The first-order valence-electron chi connectivity index (χ1n) is 12.2. The van der Waals surface area contributed by atoms with Gasteiger partial charge >= 0.3 is 0 Å². The van der Waals surface area contributed by atoms with E-state index in [0.29, 0.717) is 40.5 Å². The Morgan fingerprint density at radius 1 is 0.921 bits per heavy atom. The van der Waals surface area contributed by atoms with Gasteiger partial charge in [-0.25, -0.2) is 13.0 Å². The van der Waals surface area contributed by atoms with Crippen molar-refractivity contribution in [2.75, 3.05) is 26.7 Å². The quantitative estimate of drug-likeness (QED) is 0.197. The molecule has 1 N–H and O–H groups in total. The zero-order chi connectivity index (χ0) is 27.8. The molecule has 0 bridgehead atoms. The number of nitrogens with zero attached hydrogens (tertiary/aromatic N) is 2. The molecule has 2 aromatic carbocycles. The van der Waals surface area contributed by atoms with Crippen molar-refractivity contribution in [3.63, 3.8) is 0 Å². The minimum atomic E-state index is -5.13. The van der Waals surface area contributed by atoms with Crippen LogP contribution in [0.25, 0.3) is 33.4 Å². The van der Waals surface area contributed by atoms with Crippen LogP contribution in [-0.2, 0) is 26.8 Å². The van der Waals surface area contributed by atoms with Gasteiger partial charge in [-0.15, -0.1) is 0 Å². The molecular weight excluding hydrogens is 528 g/mol. The van der Waals surface area contributed by atoms with Crippen molar-refractivity contribution in [1.82, 2.24) is 9.48 Å². The molecule has 0 unspecified atom stereocenters. The zero-order valence-electron chi connectivity index (χ0n) is 21.6. The summed E-state index contributed by atoms with van der Waals surface area (Å²) in [4.78, 5) is 0.695. The molecular formula is C27H30N2O7S2. The van der Waals surface area contributed by atoms with E-state index < -0.39 is 30.0 Å². The van der Waals surface area contributed by atoms with Crippen molar-refractivity contribution in [3.8, 4) is 22.5 Å².